The van der Waals surface area contributed by atoms with Crippen molar-refractivity contribution in [3.63, 3.8) is 0 Å². The fraction of sp³-hybridized carbons (Fsp3) is 0.667. The SMILES string of the molecule is CC[Si](CC)(CC)N(CCN=Cc1ccccc1)[Si](CC)(CC)CC. The first-order valence-corrected chi connectivity index (χ1v) is 15.5. The standard InChI is InChI=1S/C21H40N2Si2/c1-7-24(8-2,9-3)23(25(10-4,11-5)12-6)19-18-22-20-21-16-14-13-15-17-21/h13-17,20H,7-12,18-19H2,1-6H3. The molecule has 0 radical (unpaired) electrons. The predicted octanol–water partition coefficient (Wildman–Crippen LogP) is 6.42. The molecule has 4 heteroatoms. The fourth-order valence-corrected chi connectivity index (χ4v) is 17.8. The third kappa shape index (κ3) is 5.38. The van der Waals surface area contributed by atoms with Gasteiger partial charge in [0.2, 0.25) is 0 Å². The maximum absolute atomic E-state index is 4.79. The first-order valence-electron chi connectivity index (χ1n) is 10.4. The second-order valence-electron chi connectivity index (χ2n) is 7.17. The zero-order valence-electron chi connectivity index (χ0n) is 17.5. The molecule has 2 nitrogen and oxygen atoms in total. The van der Waals surface area contributed by atoms with Gasteiger partial charge in [-0.2, -0.15) is 0 Å². The molecule has 0 saturated carbocycles. The van der Waals surface area contributed by atoms with Crippen molar-refractivity contribution in [3.05, 3.63) is 35.9 Å². The zero-order chi connectivity index (χ0) is 18.8. The normalized spacial score (nSPS) is 13.1. The molecule has 0 unspecified atom stereocenters. The third-order valence-electron chi connectivity index (χ3n) is 6.59. The van der Waals surface area contributed by atoms with Gasteiger partial charge in [-0.1, -0.05) is 71.9 Å². The molecule has 0 aliphatic heterocycles. The van der Waals surface area contributed by atoms with Crippen LogP contribution in [0.4, 0.5) is 0 Å². The highest BCUT2D eigenvalue weighted by Crippen LogP contribution is 2.35. The number of hydrogen-bond donors (Lipinski definition) is 0. The summed E-state index contributed by atoms with van der Waals surface area (Å²) in [5, 5.41) is 0. The van der Waals surface area contributed by atoms with E-state index in [1.807, 2.05) is 0 Å². The highest BCUT2D eigenvalue weighted by molar-refractivity contribution is 6.92. The summed E-state index contributed by atoms with van der Waals surface area (Å²) in [4.78, 5) is 4.79. The molecular formula is C21H40N2Si2. The fourth-order valence-electron chi connectivity index (χ4n) is 4.49. The number of hydrogen-bond acceptors (Lipinski definition) is 2. The van der Waals surface area contributed by atoms with Crippen LogP contribution in [0.5, 0.6) is 0 Å². The number of aliphatic imine (C=N–C) groups is 1. The maximum Gasteiger partial charge on any atom is 0.121 e. The van der Waals surface area contributed by atoms with Crippen molar-refractivity contribution in [2.45, 2.75) is 77.8 Å². The monoisotopic (exact) mass is 376 g/mol. The zero-order valence-corrected chi connectivity index (χ0v) is 19.5. The van der Waals surface area contributed by atoms with Gasteiger partial charge in [0.15, 0.2) is 0 Å². The van der Waals surface area contributed by atoms with Crippen LogP contribution in [0.1, 0.15) is 47.1 Å². The third-order valence-corrected chi connectivity index (χ3v) is 20.1. The molecule has 0 spiro atoms. The van der Waals surface area contributed by atoms with Gasteiger partial charge in [0, 0.05) is 12.8 Å². The van der Waals surface area contributed by atoms with Gasteiger partial charge in [-0.05, 0) is 41.8 Å². The van der Waals surface area contributed by atoms with Crippen LogP contribution < -0.4 is 0 Å². The molecule has 0 atom stereocenters. The van der Waals surface area contributed by atoms with E-state index >= 15 is 0 Å². The van der Waals surface area contributed by atoms with E-state index in [2.05, 4.69) is 82.3 Å². The van der Waals surface area contributed by atoms with Gasteiger partial charge in [0.25, 0.3) is 0 Å². The lowest BCUT2D eigenvalue weighted by atomic mass is 10.2. The van der Waals surface area contributed by atoms with Gasteiger partial charge < -0.3 is 4.23 Å². The van der Waals surface area contributed by atoms with Crippen LogP contribution in [-0.4, -0.2) is 40.0 Å². The van der Waals surface area contributed by atoms with Crippen molar-refractivity contribution >= 4 is 22.7 Å². The van der Waals surface area contributed by atoms with Gasteiger partial charge in [0.05, 0.1) is 6.54 Å². The number of nitrogens with zero attached hydrogens (tertiary/aromatic N) is 2. The quantitative estimate of drug-likeness (QED) is 0.303. The Morgan fingerprint density at radius 1 is 0.760 bits per heavy atom. The first-order chi connectivity index (χ1) is 12.1. The molecule has 1 aromatic rings. The highest BCUT2D eigenvalue weighted by Gasteiger charge is 2.45. The van der Waals surface area contributed by atoms with Crippen LogP contribution >= 0.6 is 0 Å². The van der Waals surface area contributed by atoms with Gasteiger partial charge in [-0.25, -0.2) is 0 Å². The van der Waals surface area contributed by atoms with Gasteiger partial charge >= 0.3 is 0 Å². The van der Waals surface area contributed by atoms with Crippen molar-refractivity contribution in [2.75, 3.05) is 13.1 Å². The Morgan fingerprint density at radius 2 is 1.20 bits per heavy atom. The average Bonchev–Trinajstić information content (AvgIpc) is 2.68. The minimum Gasteiger partial charge on any atom is -0.343 e. The molecule has 1 aromatic carbocycles. The smallest absolute Gasteiger partial charge is 0.121 e. The van der Waals surface area contributed by atoms with Gasteiger partial charge in [-0.15, -0.1) is 0 Å². The molecule has 0 aliphatic carbocycles. The van der Waals surface area contributed by atoms with Crippen molar-refractivity contribution < 1.29 is 0 Å². The topological polar surface area (TPSA) is 15.6 Å². The Kier molecular flexibility index (Phi) is 9.91. The summed E-state index contributed by atoms with van der Waals surface area (Å²) in [7, 11) is -2.71. The molecule has 25 heavy (non-hydrogen) atoms. The van der Waals surface area contributed by atoms with E-state index in [0.717, 1.165) is 6.54 Å². The van der Waals surface area contributed by atoms with E-state index in [1.54, 1.807) is 0 Å². The lowest BCUT2D eigenvalue weighted by Crippen LogP contribution is -2.66. The minimum atomic E-state index is -1.35. The molecule has 0 fully saturated rings. The Bertz CT molecular complexity index is 457. The summed E-state index contributed by atoms with van der Waals surface area (Å²) >= 11 is 0. The molecule has 0 aliphatic rings. The summed E-state index contributed by atoms with van der Waals surface area (Å²) in [5.74, 6) is 0. The first kappa shape index (κ1) is 22.3. The minimum absolute atomic E-state index is 0.943. The van der Waals surface area contributed by atoms with Crippen LogP contribution in [0, 0.1) is 0 Å². The second-order valence-corrected chi connectivity index (χ2v) is 17.8. The Hall–Kier alpha value is -0.716. The number of benzene rings is 1. The largest absolute Gasteiger partial charge is 0.343 e. The Morgan fingerprint density at radius 3 is 1.60 bits per heavy atom. The lowest BCUT2D eigenvalue weighted by molar-refractivity contribution is 0.583. The summed E-state index contributed by atoms with van der Waals surface area (Å²) in [6.07, 6.45) is 2.05. The van der Waals surface area contributed by atoms with Crippen LogP contribution in [0.15, 0.2) is 35.3 Å². The van der Waals surface area contributed by atoms with Crippen LogP contribution in [0.25, 0.3) is 0 Å². The summed E-state index contributed by atoms with van der Waals surface area (Å²) in [5.41, 5.74) is 1.21. The molecule has 1 rings (SSSR count). The van der Waals surface area contributed by atoms with Crippen LogP contribution in [-0.2, 0) is 0 Å². The molecule has 0 heterocycles. The van der Waals surface area contributed by atoms with Gasteiger partial charge in [-0.3, -0.25) is 4.99 Å². The summed E-state index contributed by atoms with van der Waals surface area (Å²) < 4.78 is 3.11. The maximum atomic E-state index is 4.79. The van der Waals surface area contributed by atoms with Crippen molar-refractivity contribution in [1.82, 2.24) is 4.23 Å². The summed E-state index contributed by atoms with van der Waals surface area (Å²) in [6.45, 7) is 16.8. The highest BCUT2D eigenvalue weighted by atomic mass is 28.4. The molecule has 0 bridgehead atoms. The second kappa shape index (κ2) is 11.1. The van der Waals surface area contributed by atoms with Crippen molar-refractivity contribution in [2.24, 2.45) is 4.99 Å². The van der Waals surface area contributed by atoms with E-state index < -0.39 is 16.5 Å². The van der Waals surface area contributed by atoms with Crippen molar-refractivity contribution in [3.8, 4) is 0 Å². The van der Waals surface area contributed by atoms with Gasteiger partial charge in [0.1, 0.15) is 16.5 Å². The Labute approximate surface area is 158 Å². The number of rotatable bonds is 12. The molecule has 142 valence electrons. The van der Waals surface area contributed by atoms with E-state index in [-0.39, 0.29) is 0 Å². The Balaban J connectivity index is 3.00. The van der Waals surface area contributed by atoms with Crippen molar-refractivity contribution in [1.29, 1.82) is 0 Å². The molecule has 0 N–H and O–H groups in total. The average molecular weight is 377 g/mol. The van der Waals surface area contributed by atoms with E-state index in [1.165, 1.54) is 48.4 Å². The predicted molar refractivity (Wildman–Crippen MR) is 120 cm³/mol. The molecular weight excluding hydrogens is 336 g/mol. The van der Waals surface area contributed by atoms with E-state index in [9.17, 15) is 0 Å². The molecule has 0 aromatic heterocycles. The van der Waals surface area contributed by atoms with E-state index in [0.29, 0.717) is 0 Å². The van der Waals surface area contributed by atoms with Crippen LogP contribution in [0.2, 0.25) is 36.3 Å². The van der Waals surface area contributed by atoms with Crippen LogP contribution in [0.3, 0.4) is 0 Å². The summed E-state index contributed by atoms with van der Waals surface area (Å²) in [6, 6.07) is 18.8. The lowest BCUT2D eigenvalue weighted by Gasteiger charge is -2.52. The molecule has 0 saturated heterocycles. The van der Waals surface area contributed by atoms with E-state index in [4.69, 9.17) is 4.99 Å². The molecule has 0 amide bonds.